The van der Waals surface area contributed by atoms with E-state index in [1.165, 1.54) is 17.4 Å². The van der Waals surface area contributed by atoms with Gasteiger partial charge in [0, 0.05) is 45.0 Å². The first kappa shape index (κ1) is 24.1. The first-order valence-electron chi connectivity index (χ1n) is 12.3. The van der Waals surface area contributed by atoms with Crippen LogP contribution in [-0.4, -0.2) is 86.6 Å². The third kappa shape index (κ3) is 6.32. The van der Waals surface area contributed by atoms with Crippen molar-refractivity contribution in [2.45, 2.75) is 6.42 Å². The van der Waals surface area contributed by atoms with Crippen LogP contribution in [0.1, 0.15) is 12.0 Å². The maximum atomic E-state index is 13.4. The molecule has 0 radical (unpaired) electrons. The first-order valence-corrected chi connectivity index (χ1v) is 13.2. The number of amides is 1. The topological polar surface area (TPSA) is 57.6 Å². The Kier molecular flexibility index (Phi) is 8.15. The van der Waals surface area contributed by atoms with Gasteiger partial charge >= 0.3 is 0 Å². The predicted molar refractivity (Wildman–Crippen MR) is 142 cm³/mol. The molecule has 8 heteroatoms. The smallest absolute Gasteiger partial charge is 0.266 e. The van der Waals surface area contributed by atoms with Gasteiger partial charge in [-0.05, 0) is 54.1 Å². The number of ether oxygens (including phenoxy) is 2. The molecule has 7 nitrogen and oxygen atoms in total. The van der Waals surface area contributed by atoms with Crippen LogP contribution in [0, 0.1) is 0 Å². The number of hydrogen-bond acceptors (Lipinski definition) is 7. The predicted octanol–water partition coefficient (Wildman–Crippen LogP) is 3.85. The summed E-state index contributed by atoms with van der Waals surface area (Å²) >= 11 is 1.46. The summed E-state index contributed by atoms with van der Waals surface area (Å²) in [6.07, 6.45) is 2.89. The third-order valence-electron chi connectivity index (χ3n) is 6.40. The van der Waals surface area contributed by atoms with Crippen LogP contribution in [0.25, 0.3) is 6.08 Å². The van der Waals surface area contributed by atoms with Gasteiger partial charge in [-0.15, -0.1) is 0 Å². The van der Waals surface area contributed by atoms with Crippen molar-refractivity contribution in [3.63, 3.8) is 0 Å². The minimum Gasteiger partial charge on any atom is -0.379 e. The fourth-order valence-corrected chi connectivity index (χ4v) is 5.46. The number of nitrogens with zero attached hydrogens (tertiary/aromatic N) is 4. The summed E-state index contributed by atoms with van der Waals surface area (Å²) in [4.78, 5) is 25.5. The highest BCUT2D eigenvalue weighted by Gasteiger charge is 2.33. The molecule has 0 spiro atoms. The normalized spacial score (nSPS) is 21.9. The maximum absolute atomic E-state index is 13.4. The molecule has 2 aromatic rings. The molecule has 3 heterocycles. The lowest BCUT2D eigenvalue weighted by Crippen LogP contribution is -2.38. The standard InChI is InChI=1S/C27H32N4O3S/c32-26-25(21-22-7-9-24(10-8-22)30-15-19-34-20-16-30)35-27(28-23-5-2-1-3-6-23)31(26)12-4-11-29-13-17-33-18-14-29/h1-3,5-10,21H,4,11-20H2/b25-21-,28-27?. The molecular formula is C27H32N4O3S. The van der Waals surface area contributed by atoms with Gasteiger partial charge in [0.2, 0.25) is 0 Å². The SMILES string of the molecule is O=C1/C(=C/c2ccc(N3CCOCC3)cc2)SC(=Nc2ccccc2)N1CCCN1CCOCC1. The van der Waals surface area contributed by atoms with Crippen molar-refractivity contribution in [3.05, 3.63) is 65.1 Å². The second kappa shape index (κ2) is 11.9. The van der Waals surface area contributed by atoms with Gasteiger partial charge in [-0.3, -0.25) is 14.6 Å². The highest BCUT2D eigenvalue weighted by atomic mass is 32.2. The zero-order chi connectivity index (χ0) is 23.9. The van der Waals surface area contributed by atoms with Crippen molar-refractivity contribution in [3.8, 4) is 0 Å². The molecule has 0 unspecified atom stereocenters. The van der Waals surface area contributed by atoms with Crippen molar-refractivity contribution in [2.24, 2.45) is 4.99 Å². The fourth-order valence-electron chi connectivity index (χ4n) is 4.43. The number of morpholine rings is 2. The van der Waals surface area contributed by atoms with Gasteiger partial charge in [0.25, 0.3) is 5.91 Å². The third-order valence-corrected chi connectivity index (χ3v) is 7.40. The lowest BCUT2D eigenvalue weighted by Gasteiger charge is -2.28. The minimum absolute atomic E-state index is 0.0314. The van der Waals surface area contributed by atoms with Gasteiger partial charge < -0.3 is 14.4 Å². The number of carbonyl (C=O) groups is 1. The van der Waals surface area contributed by atoms with Crippen molar-refractivity contribution in [1.82, 2.24) is 9.80 Å². The monoisotopic (exact) mass is 492 g/mol. The Hall–Kier alpha value is -2.65. The van der Waals surface area contributed by atoms with Crippen molar-refractivity contribution < 1.29 is 14.3 Å². The van der Waals surface area contributed by atoms with E-state index in [0.717, 1.165) is 82.0 Å². The van der Waals surface area contributed by atoms with Crippen LogP contribution in [-0.2, 0) is 14.3 Å². The van der Waals surface area contributed by atoms with Gasteiger partial charge in [0.05, 0.1) is 37.0 Å². The van der Waals surface area contributed by atoms with Gasteiger partial charge in [0.1, 0.15) is 0 Å². The van der Waals surface area contributed by atoms with E-state index in [0.29, 0.717) is 11.4 Å². The Bertz CT molecular complexity index is 1050. The number of benzene rings is 2. The summed E-state index contributed by atoms with van der Waals surface area (Å²) in [6, 6.07) is 18.3. The molecule has 3 fully saturated rings. The molecule has 1 amide bonds. The number of anilines is 1. The molecule has 0 aliphatic carbocycles. The maximum Gasteiger partial charge on any atom is 0.266 e. The van der Waals surface area contributed by atoms with E-state index in [-0.39, 0.29) is 5.91 Å². The Balaban J connectivity index is 1.30. The van der Waals surface area contributed by atoms with E-state index in [4.69, 9.17) is 14.5 Å². The molecule has 2 aromatic carbocycles. The highest BCUT2D eigenvalue weighted by Crippen LogP contribution is 2.34. The second-order valence-corrected chi connectivity index (χ2v) is 9.80. The first-order chi connectivity index (χ1) is 17.3. The highest BCUT2D eigenvalue weighted by molar-refractivity contribution is 8.18. The Morgan fingerprint density at radius 3 is 2.26 bits per heavy atom. The van der Waals surface area contributed by atoms with Crippen LogP contribution in [0.5, 0.6) is 0 Å². The lowest BCUT2D eigenvalue weighted by atomic mass is 10.1. The van der Waals surface area contributed by atoms with Crippen molar-refractivity contribution in [2.75, 3.05) is 70.6 Å². The average molecular weight is 493 g/mol. The zero-order valence-corrected chi connectivity index (χ0v) is 20.8. The molecule has 35 heavy (non-hydrogen) atoms. The number of rotatable bonds is 7. The number of amidine groups is 1. The van der Waals surface area contributed by atoms with Crippen LogP contribution in [0.4, 0.5) is 11.4 Å². The summed E-state index contributed by atoms with van der Waals surface area (Å²) in [7, 11) is 0. The largest absolute Gasteiger partial charge is 0.379 e. The van der Waals surface area contributed by atoms with Gasteiger partial charge in [-0.25, -0.2) is 4.99 Å². The number of aliphatic imine (C=N–C) groups is 1. The van der Waals surface area contributed by atoms with Crippen LogP contribution in [0.15, 0.2) is 64.5 Å². The quantitative estimate of drug-likeness (QED) is 0.548. The number of carbonyl (C=O) groups excluding carboxylic acids is 1. The van der Waals surface area contributed by atoms with Crippen molar-refractivity contribution in [1.29, 1.82) is 0 Å². The van der Waals surface area contributed by atoms with E-state index in [2.05, 4.69) is 34.1 Å². The van der Waals surface area contributed by atoms with E-state index in [9.17, 15) is 4.79 Å². The van der Waals surface area contributed by atoms with Gasteiger partial charge in [0.15, 0.2) is 5.17 Å². The van der Waals surface area contributed by atoms with E-state index in [1.807, 2.05) is 41.3 Å². The summed E-state index contributed by atoms with van der Waals surface area (Å²) in [6.45, 7) is 8.46. The second-order valence-electron chi connectivity index (χ2n) is 8.80. The van der Waals surface area contributed by atoms with Crippen LogP contribution in [0.3, 0.4) is 0 Å². The molecule has 0 aromatic heterocycles. The van der Waals surface area contributed by atoms with E-state index in [1.54, 1.807) is 0 Å². The molecule has 0 N–H and O–H groups in total. The molecule has 0 atom stereocenters. The summed E-state index contributed by atoms with van der Waals surface area (Å²) in [5.74, 6) is 0.0314. The number of hydrogen-bond donors (Lipinski definition) is 0. The Labute approximate surface area is 211 Å². The van der Waals surface area contributed by atoms with Crippen LogP contribution in [0.2, 0.25) is 0 Å². The molecule has 5 rings (SSSR count). The molecular weight excluding hydrogens is 460 g/mol. The molecule has 0 saturated carbocycles. The molecule has 3 aliphatic heterocycles. The van der Waals surface area contributed by atoms with Crippen LogP contribution >= 0.6 is 11.8 Å². The lowest BCUT2D eigenvalue weighted by molar-refractivity contribution is -0.122. The van der Waals surface area contributed by atoms with Crippen molar-refractivity contribution >= 4 is 40.3 Å². The molecule has 3 saturated heterocycles. The van der Waals surface area contributed by atoms with E-state index >= 15 is 0 Å². The molecule has 184 valence electrons. The summed E-state index contributed by atoms with van der Waals surface area (Å²) in [5, 5.41) is 0.749. The number of para-hydroxylation sites is 1. The van der Waals surface area contributed by atoms with E-state index < -0.39 is 0 Å². The van der Waals surface area contributed by atoms with Gasteiger partial charge in [-0.2, -0.15) is 0 Å². The number of thioether (sulfide) groups is 1. The van der Waals surface area contributed by atoms with Gasteiger partial charge in [-0.1, -0.05) is 30.3 Å². The average Bonchev–Trinajstić information content (AvgIpc) is 3.20. The fraction of sp³-hybridized carbons (Fsp3) is 0.407. The molecule has 3 aliphatic rings. The minimum atomic E-state index is 0.0314. The summed E-state index contributed by atoms with van der Waals surface area (Å²) in [5.41, 5.74) is 3.07. The zero-order valence-electron chi connectivity index (χ0n) is 20.0. The molecule has 0 bridgehead atoms. The Morgan fingerprint density at radius 2 is 1.54 bits per heavy atom. The van der Waals surface area contributed by atoms with Crippen LogP contribution < -0.4 is 4.90 Å². The Morgan fingerprint density at radius 1 is 0.857 bits per heavy atom. The summed E-state index contributed by atoms with van der Waals surface area (Å²) < 4.78 is 10.9.